The van der Waals surface area contributed by atoms with Gasteiger partial charge in [0.1, 0.15) is 0 Å². The topological polar surface area (TPSA) is 77.6 Å². The fraction of sp³-hybridized carbons (Fsp3) is 0.130. The molecule has 1 aromatic carbocycles. The number of hydrogen-bond acceptors (Lipinski definition) is 5. The highest BCUT2D eigenvalue weighted by atomic mass is 32.1. The first-order valence-corrected chi connectivity index (χ1v) is 10.7. The van der Waals surface area contributed by atoms with Crippen molar-refractivity contribution in [2.24, 2.45) is 7.05 Å². The van der Waals surface area contributed by atoms with Crippen LogP contribution >= 0.6 is 11.3 Å². The minimum Gasteiger partial charge on any atom is -0.348 e. The van der Waals surface area contributed by atoms with Crippen LogP contribution in [0, 0.1) is 6.92 Å². The first kappa shape index (κ1) is 19.2. The van der Waals surface area contributed by atoms with Crippen LogP contribution in [0.5, 0.6) is 0 Å². The van der Waals surface area contributed by atoms with E-state index in [0.29, 0.717) is 17.8 Å². The average molecular weight is 429 g/mol. The van der Waals surface area contributed by atoms with Crippen LogP contribution in [0.3, 0.4) is 0 Å². The maximum atomic E-state index is 13.3. The predicted molar refractivity (Wildman–Crippen MR) is 121 cm³/mol. The lowest BCUT2D eigenvalue weighted by molar-refractivity contribution is 0.0952. The summed E-state index contributed by atoms with van der Waals surface area (Å²) in [6, 6.07) is 15.6. The van der Waals surface area contributed by atoms with Crippen LogP contribution < -0.4 is 5.32 Å². The number of nitrogens with zero attached hydrogens (tertiary/aromatic N) is 5. The van der Waals surface area contributed by atoms with Gasteiger partial charge in [0.2, 0.25) is 0 Å². The van der Waals surface area contributed by atoms with Crippen LogP contribution in [-0.4, -0.2) is 30.5 Å². The Balaban J connectivity index is 1.51. The molecule has 0 fully saturated rings. The second kappa shape index (κ2) is 7.81. The molecule has 0 aliphatic rings. The smallest absolute Gasteiger partial charge is 0.252 e. The second-order valence-electron chi connectivity index (χ2n) is 7.20. The molecule has 0 aliphatic carbocycles. The van der Waals surface area contributed by atoms with E-state index >= 15 is 0 Å². The maximum absolute atomic E-state index is 13.3. The molecule has 8 heteroatoms. The molecule has 1 N–H and O–H groups in total. The Kier molecular flexibility index (Phi) is 4.83. The van der Waals surface area contributed by atoms with Crippen molar-refractivity contribution in [1.82, 2.24) is 29.9 Å². The number of carbonyl (C=O) groups is 1. The van der Waals surface area contributed by atoms with Gasteiger partial charge >= 0.3 is 0 Å². The molecule has 0 saturated heterocycles. The van der Waals surface area contributed by atoms with Crippen LogP contribution in [0.25, 0.3) is 27.3 Å². The van der Waals surface area contributed by atoms with E-state index in [0.717, 1.165) is 32.9 Å². The summed E-state index contributed by atoms with van der Waals surface area (Å²) >= 11 is 1.59. The van der Waals surface area contributed by atoms with Gasteiger partial charge in [-0.1, -0.05) is 24.3 Å². The zero-order valence-electron chi connectivity index (χ0n) is 17.1. The Bertz CT molecular complexity index is 1370. The monoisotopic (exact) mass is 428 g/mol. The van der Waals surface area contributed by atoms with E-state index in [4.69, 9.17) is 4.98 Å². The summed E-state index contributed by atoms with van der Waals surface area (Å²) in [5.41, 5.74) is 4.74. The SMILES string of the molecule is Cc1nn(C)c2nc(-c3cccs3)cc(C(=O)NCc3ccccc3-n3cccn3)c12. The van der Waals surface area contributed by atoms with Crippen molar-refractivity contribution >= 4 is 28.3 Å². The standard InChI is InChI=1S/C23H20N6OS/c1-15-21-17(13-18(20-9-5-12-31-20)26-22(21)28(2)27-15)23(30)24-14-16-7-3-4-8-19(16)29-11-6-10-25-29/h3-13H,14H2,1-2H3,(H,24,30). The average Bonchev–Trinajstić information content (AvgIpc) is 3.55. The van der Waals surface area contributed by atoms with Crippen LogP contribution in [-0.2, 0) is 13.6 Å². The summed E-state index contributed by atoms with van der Waals surface area (Å²) in [7, 11) is 1.85. The minimum absolute atomic E-state index is 0.156. The van der Waals surface area contributed by atoms with E-state index in [1.165, 1.54) is 0 Å². The van der Waals surface area contributed by atoms with Crippen molar-refractivity contribution in [2.45, 2.75) is 13.5 Å². The van der Waals surface area contributed by atoms with Gasteiger partial charge in [-0.15, -0.1) is 11.3 Å². The Morgan fingerprint density at radius 3 is 2.81 bits per heavy atom. The molecular weight excluding hydrogens is 408 g/mol. The number of carbonyl (C=O) groups excluding carboxylic acids is 1. The third-order valence-corrected chi connectivity index (χ3v) is 6.06. The van der Waals surface area contributed by atoms with Crippen molar-refractivity contribution in [3.05, 3.63) is 83.1 Å². The number of hydrogen-bond donors (Lipinski definition) is 1. The summed E-state index contributed by atoms with van der Waals surface area (Å²) in [6.07, 6.45) is 3.62. The second-order valence-corrected chi connectivity index (χ2v) is 8.15. The van der Waals surface area contributed by atoms with Gasteiger partial charge in [-0.2, -0.15) is 10.2 Å². The first-order valence-electron chi connectivity index (χ1n) is 9.86. The fourth-order valence-corrected chi connectivity index (χ4v) is 4.43. The van der Waals surface area contributed by atoms with E-state index in [2.05, 4.69) is 15.5 Å². The van der Waals surface area contributed by atoms with E-state index in [1.807, 2.05) is 74.1 Å². The van der Waals surface area contributed by atoms with Gasteiger partial charge < -0.3 is 5.32 Å². The number of amides is 1. The molecule has 0 bridgehead atoms. The highest BCUT2D eigenvalue weighted by Crippen LogP contribution is 2.29. The van der Waals surface area contributed by atoms with Gasteiger partial charge in [0.05, 0.1) is 32.9 Å². The third kappa shape index (κ3) is 3.51. The first-order chi connectivity index (χ1) is 15.1. The number of pyridine rings is 1. The lowest BCUT2D eigenvalue weighted by Gasteiger charge is -2.12. The normalized spacial score (nSPS) is 11.2. The number of aromatic nitrogens is 5. The number of thiophene rings is 1. The molecule has 0 aliphatic heterocycles. The molecule has 31 heavy (non-hydrogen) atoms. The quantitative estimate of drug-likeness (QED) is 0.457. The molecule has 0 saturated carbocycles. The molecule has 4 heterocycles. The summed E-state index contributed by atoms with van der Waals surface area (Å²) in [4.78, 5) is 19.1. The van der Waals surface area contributed by atoms with Gasteiger partial charge in [0, 0.05) is 26.0 Å². The van der Waals surface area contributed by atoms with E-state index in [9.17, 15) is 4.79 Å². The van der Waals surface area contributed by atoms with Gasteiger partial charge in [0.25, 0.3) is 5.91 Å². The molecule has 0 atom stereocenters. The number of rotatable bonds is 5. The van der Waals surface area contributed by atoms with E-state index in [-0.39, 0.29) is 5.91 Å². The maximum Gasteiger partial charge on any atom is 0.252 e. The molecule has 0 unspecified atom stereocenters. The number of nitrogens with one attached hydrogen (secondary N) is 1. The lowest BCUT2D eigenvalue weighted by atomic mass is 10.1. The molecule has 0 spiro atoms. The zero-order chi connectivity index (χ0) is 21.4. The molecule has 154 valence electrons. The molecule has 5 aromatic rings. The number of fused-ring (bicyclic) bond motifs is 1. The van der Waals surface area contributed by atoms with Crippen molar-refractivity contribution in [3.8, 4) is 16.3 Å². The highest BCUT2D eigenvalue weighted by Gasteiger charge is 2.20. The summed E-state index contributed by atoms with van der Waals surface area (Å²) in [5.74, 6) is -0.156. The predicted octanol–water partition coefficient (Wildman–Crippen LogP) is 4.12. The molecule has 0 radical (unpaired) electrons. The van der Waals surface area contributed by atoms with Crippen LogP contribution in [0.4, 0.5) is 0 Å². The largest absolute Gasteiger partial charge is 0.348 e. The number of aryl methyl sites for hydroxylation is 2. The summed E-state index contributed by atoms with van der Waals surface area (Å²) < 4.78 is 3.53. The molecule has 4 aromatic heterocycles. The minimum atomic E-state index is -0.156. The Morgan fingerprint density at radius 2 is 2.03 bits per heavy atom. The number of para-hydroxylation sites is 1. The van der Waals surface area contributed by atoms with Gasteiger partial charge in [-0.3, -0.25) is 9.48 Å². The van der Waals surface area contributed by atoms with Crippen molar-refractivity contribution < 1.29 is 4.79 Å². The zero-order valence-corrected chi connectivity index (χ0v) is 17.9. The lowest BCUT2D eigenvalue weighted by Crippen LogP contribution is -2.24. The third-order valence-electron chi connectivity index (χ3n) is 5.17. The molecule has 5 rings (SSSR count). The van der Waals surface area contributed by atoms with Crippen LogP contribution in [0.15, 0.2) is 66.3 Å². The van der Waals surface area contributed by atoms with E-state index in [1.54, 1.807) is 26.9 Å². The molecule has 7 nitrogen and oxygen atoms in total. The van der Waals surface area contributed by atoms with Crippen LogP contribution in [0.1, 0.15) is 21.6 Å². The Labute approximate surface area is 183 Å². The van der Waals surface area contributed by atoms with Crippen molar-refractivity contribution in [1.29, 1.82) is 0 Å². The van der Waals surface area contributed by atoms with Gasteiger partial charge in [0.15, 0.2) is 5.65 Å². The highest BCUT2D eigenvalue weighted by molar-refractivity contribution is 7.13. The van der Waals surface area contributed by atoms with Gasteiger partial charge in [-0.25, -0.2) is 9.67 Å². The summed E-state index contributed by atoms with van der Waals surface area (Å²) in [6.45, 7) is 2.28. The van der Waals surface area contributed by atoms with Crippen molar-refractivity contribution in [3.63, 3.8) is 0 Å². The Hall–Kier alpha value is -3.78. The molecule has 1 amide bonds. The Morgan fingerprint density at radius 1 is 1.16 bits per heavy atom. The van der Waals surface area contributed by atoms with Crippen LogP contribution in [0.2, 0.25) is 0 Å². The van der Waals surface area contributed by atoms with E-state index < -0.39 is 0 Å². The summed E-state index contributed by atoms with van der Waals surface area (Å²) in [5, 5.41) is 14.7. The fourth-order valence-electron chi connectivity index (χ4n) is 3.74. The number of benzene rings is 1. The van der Waals surface area contributed by atoms with Crippen molar-refractivity contribution in [2.75, 3.05) is 0 Å². The molecular formula is C23H20N6OS. The van der Waals surface area contributed by atoms with Gasteiger partial charge in [-0.05, 0) is 42.1 Å².